The molecule has 0 spiro atoms. The maximum atomic E-state index is 9.56. The number of aromatic nitrogens is 2. The molecule has 3 aliphatic heterocycles. The summed E-state index contributed by atoms with van der Waals surface area (Å²) in [7, 11) is 3.87. The van der Waals surface area contributed by atoms with Crippen LogP contribution in [0.4, 0.5) is 11.5 Å². The zero-order chi connectivity index (χ0) is 24.1. The van der Waals surface area contributed by atoms with Crippen LogP contribution in [-0.4, -0.2) is 72.5 Å². The first-order valence-corrected chi connectivity index (χ1v) is 12.9. The Hall–Kier alpha value is -2.61. The van der Waals surface area contributed by atoms with E-state index >= 15 is 0 Å². The van der Waals surface area contributed by atoms with Gasteiger partial charge < -0.3 is 19.6 Å². The van der Waals surface area contributed by atoms with Crippen LogP contribution in [0.25, 0.3) is 10.8 Å². The predicted molar refractivity (Wildman–Crippen MR) is 140 cm³/mol. The smallest absolute Gasteiger partial charge is 0.318 e. The number of nitrogens with zero attached hydrogens (tertiary/aromatic N) is 5. The highest BCUT2D eigenvalue weighted by molar-refractivity contribution is 6.36. The third kappa shape index (κ3) is 3.90. The summed E-state index contributed by atoms with van der Waals surface area (Å²) in [6.45, 7) is 3.70. The van der Waals surface area contributed by atoms with Gasteiger partial charge in [-0.05, 0) is 49.7 Å². The molecule has 0 radical (unpaired) electrons. The fraction of sp³-hybridized carbons (Fsp3) is 0.481. The molecular weight excluding hydrogens is 462 g/mol. The van der Waals surface area contributed by atoms with Crippen LogP contribution in [0.5, 0.6) is 6.01 Å². The first-order valence-electron chi connectivity index (χ1n) is 12.5. The van der Waals surface area contributed by atoms with E-state index in [0.29, 0.717) is 30.6 Å². The summed E-state index contributed by atoms with van der Waals surface area (Å²) >= 11 is 6.64. The van der Waals surface area contributed by atoms with Crippen molar-refractivity contribution in [1.29, 1.82) is 0 Å². The Morgan fingerprint density at radius 3 is 2.74 bits per heavy atom. The summed E-state index contributed by atoms with van der Waals surface area (Å²) in [5.74, 6) is 1.56. The van der Waals surface area contributed by atoms with Gasteiger partial charge in [0.25, 0.3) is 0 Å². The molecule has 2 bridgehead atoms. The summed E-state index contributed by atoms with van der Waals surface area (Å²) < 4.78 is 5.56. The van der Waals surface area contributed by atoms with Crippen molar-refractivity contribution < 1.29 is 9.84 Å². The predicted octanol–water partition coefficient (Wildman–Crippen LogP) is 3.75. The van der Waals surface area contributed by atoms with Crippen molar-refractivity contribution in [3.8, 4) is 6.01 Å². The molecule has 7 nitrogen and oxygen atoms in total. The average molecular weight is 494 g/mol. The van der Waals surface area contributed by atoms with E-state index in [2.05, 4.69) is 46.0 Å². The molecule has 1 aromatic heterocycles. The number of anilines is 2. The number of aliphatic hydroxyl groups excluding tert-OH is 1. The van der Waals surface area contributed by atoms with Crippen LogP contribution in [-0.2, 0) is 13.0 Å². The third-order valence-corrected chi connectivity index (χ3v) is 8.55. The molecule has 2 saturated heterocycles. The molecular formula is C27H32ClN5O2. The zero-order valence-corrected chi connectivity index (χ0v) is 21.1. The van der Waals surface area contributed by atoms with Crippen LogP contribution in [0.15, 0.2) is 36.4 Å². The summed E-state index contributed by atoms with van der Waals surface area (Å²) in [5.41, 5.74) is 3.40. The second kappa shape index (κ2) is 9.12. The van der Waals surface area contributed by atoms with E-state index in [1.807, 2.05) is 12.1 Å². The lowest BCUT2D eigenvalue weighted by Crippen LogP contribution is -2.53. The number of hydrogen-bond acceptors (Lipinski definition) is 7. The summed E-state index contributed by atoms with van der Waals surface area (Å²) in [6, 6.07) is 13.8. The molecule has 1 unspecified atom stereocenters. The van der Waals surface area contributed by atoms with Crippen LogP contribution in [0.3, 0.4) is 0 Å². The fourth-order valence-electron chi connectivity index (χ4n) is 6.45. The van der Waals surface area contributed by atoms with Crippen molar-refractivity contribution >= 4 is 33.9 Å². The normalized spacial score (nSPS) is 24.2. The third-order valence-electron chi connectivity index (χ3n) is 8.23. The molecule has 3 aromatic rings. The van der Waals surface area contributed by atoms with Gasteiger partial charge in [-0.1, -0.05) is 35.9 Å². The first-order chi connectivity index (χ1) is 17.1. The minimum absolute atomic E-state index is 0.256. The van der Waals surface area contributed by atoms with Crippen molar-refractivity contribution in [3.05, 3.63) is 52.7 Å². The SMILES string of the molecule is COc1nc2c(c(N3C[C@H]4CC(CCO)[C@@H](C3)N4C)n1)CCN(c1cccc3cccc(Cl)c13)C2. The van der Waals surface area contributed by atoms with Gasteiger partial charge in [0.15, 0.2) is 0 Å². The molecule has 3 atom stereocenters. The number of fused-ring (bicyclic) bond motifs is 4. The Bertz CT molecular complexity index is 1250. The lowest BCUT2D eigenvalue weighted by atomic mass is 9.96. The van der Waals surface area contributed by atoms with Gasteiger partial charge in [0.1, 0.15) is 5.82 Å². The van der Waals surface area contributed by atoms with Crippen LogP contribution in [0.2, 0.25) is 5.02 Å². The molecule has 8 heteroatoms. The molecule has 4 heterocycles. The first kappa shape index (κ1) is 22.8. The highest BCUT2D eigenvalue weighted by Gasteiger charge is 2.44. The molecule has 0 saturated carbocycles. The summed E-state index contributed by atoms with van der Waals surface area (Å²) in [6.07, 6.45) is 2.88. The number of halogens is 1. The Balaban J connectivity index is 1.34. The quantitative estimate of drug-likeness (QED) is 0.580. The van der Waals surface area contributed by atoms with Gasteiger partial charge in [-0.3, -0.25) is 4.90 Å². The van der Waals surface area contributed by atoms with Gasteiger partial charge in [-0.2, -0.15) is 9.97 Å². The second-order valence-electron chi connectivity index (χ2n) is 10.0. The summed E-state index contributed by atoms with van der Waals surface area (Å²) in [5, 5.41) is 12.6. The largest absolute Gasteiger partial charge is 0.467 e. The van der Waals surface area contributed by atoms with Crippen LogP contribution in [0.1, 0.15) is 24.1 Å². The van der Waals surface area contributed by atoms with Gasteiger partial charge in [-0.15, -0.1) is 0 Å². The van der Waals surface area contributed by atoms with Gasteiger partial charge in [0, 0.05) is 55.0 Å². The number of rotatable bonds is 5. The van der Waals surface area contributed by atoms with Crippen LogP contribution in [0, 0.1) is 5.92 Å². The number of hydrogen-bond donors (Lipinski definition) is 1. The van der Waals surface area contributed by atoms with E-state index in [1.165, 1.54) is 5.56 Å². The standard InChI is InChI=1S/C27H32ClN5O2/c1-31-19-13-18(10-12-34)24(31)16-33(14-19)26-20-9-11-32(15-22(20)29-27(30-26)35-2)23-8-4-6-17-5-3-7-21(28)25(17)23/h3-8,18-19,24,34H,9-16H2,1-2H3/t18?,19-,24-/m1/s1. The summed E-state index contributed by atoms with van der Waals surface area (Å²) in [4.78, 5) is 17.0. The molecule has 0 amide bonds. The van der Waals surface area contributed by atoms with Crippen molar-refractivity contribution in [2.75, 3.05) is 50.2 Å². The van der Waals surface area contributed by atoms with E-state index in [4.69, 9.17) is 26.3 Å². The van der Waals surface area contributed by atoms with E-state index < -0.39 is 0 Å². The van der Waals surface area contributed by atoms with Crippen molar-refractivity contribution in [1.82, 2.24) is 14.9 Å². The Labute approximate surface area is 211 Å². The van der Waals surface area contributed by atoms with E-state index in [0.717, 1.165) is 71.9 Å². The number of likely N-dealkylation sites (N-methyl/N-ethyl adjacent to an activating group) is 1. The van der Waals surface area contributed by atoms with Crippen LogP contribution >= 0.6 is 11.6 Å². The number of aliphatic hydroxyl groups is 1. The fourth-order valence-corrected chi connectivity index (χ4v) is 6.73. The van der Waals surface area contributed by atoms with E-state index in [1.54, 1.807) is 7.11 Å². The maximum Gasteiger partial charge on any atom is 0.318 e. The van der Waals surface area contributed by atoms with E-state index in [9.17, 15) is 5.11 Å². The van der Waals surface area contributed by atoms with Crippen molar-refractivity contribution in [3.63, 3.8) is 0 Å². The molecule has 2 fully saturated rings. The molecule has 2 aromatic carbocycles. The average Bonchev–Trinajstić information content (AvgIpc) is 3.04. The van der Waals surface area contributed by atoms with Gasteiger partial charge in [0.2, 0.25) is 0 Å². The molecule has 35 heavy (non-hydrogen) atoms. The van der Waals surface area contributed by atoms with Crippen LogP contribution < -0.4 is 14.5 Å². The molecule has 1 N–H and O–H groups in total. The minimum Gasteiger partial charge on any atom is -0.467 e. The zero-order valence-electron chi connectivity index (χ0n) is 20.3. The van der Waals surface area contributed by atoms with Gasteiger partial charge >= 0.3 is 6.01 Å². The molecule has 6 rings (SSSR count). The minimum atomic E-state index is 0.256. The Kier molecular flexibility index (Phi) is 5.95. The lowest BCUT2D eigenvalue weighted by Gasteiger charge is -2.42. The number of methoxy groups -OCH3 is 1. The van der Waals surface area contributed by atoms with Crippen molar-refractivity contribution in [2.24, 2.45) is 5.92 Å². The van der Waals surface area contributed by atoms with E-state index in [-0.39, 0.29) is 6.61 Å². The lowest BCUT2D eigenvalue weighted by molar-refractivity contribution is 0.181. The van der Waals surface area contributed by atoms with Crippen molar-refractivity contribution in [2.45, 2.75) is 37.9 Å². The molecule has 184 valence electrons. The monoisotopic (exact) mass is 493 g/mol. The topological polar surface area (TPSA) is 65.0 Å². The Morgan fingerprint density at radius 1 is 1.11 bits per heavy atom. The Morgan fingerprint density at radius 2 is 1.94 bits per heavy atom. The van der Waals surface area contributed by atoms with Gasteiger partial charge in [0.05, 0.1) is 24.4 Å². The highest BCUT2D eigenvalue weighted by Crippen LogP contribution is 2.40. The second-order valence-corrected chi connectivity index (χ2v) is 10.5. The number of benzene rings is 2. The molecule has 0 aliphatic carbocycles. The molecule has 3 aliphatic rings. The maximum absolute atomic E-state index is 9.56. The van der Waals surface area contributed by atoms with Gasteiger partial charge in [-0.25, -0.2) is 0 Å². The number of piperazine rings is 1. The number of ether oxygens (including phenoxy) is 1. The highest BCUT2D eigenvalue weighted by atomic mass is 35.5.